The fourth-order valence-electron chi connectivity index (χ4n) is 4.96. The summed E-state index contributed by atoms with van der Waals surface area (Å²) in [6, 6.07) is 12.6. The monoisotopic (exact) mass is 435 g/mol. The van der Waals surface area contributed by atoms with Crippen molar-refractivity contribution in [1.29, 1.82) is 0 Å². The number of nitrogens with one attached hydrogen (secondary N) is 1. The number of aromatic amines is 1. The third kappa shape index (κ3) is 3.53. The Kier molecular flexibility index (Phi) is 5.16. The van der Waals surface area contributed by atoms with Gasteiger partial charge in [0.2, 0.25) is 0 Å². The summed E-state index contributed by atoms with van der Waals surface area (Å²) in [7, 11) is 0. The molecule has 0 radical (unpaired) electrons. The van der Waals surface area contributed by atoms with E-state index in [0.717, 1.165) is 42.4 Å². The minimum absolute atomic E-state index is 0.0821. The number of aromatic nitrogens is 2. The number of carbonyl (C=O) groups excluding carboxylic acids is 1. The lowest BCUT2D eigenvalue weighted by Crippen LogP contribution is -2.37. The van der Waals surface area contributed by atoms with Crippen LogP contribution in [0, 0.1) is 10.1 Å². The van der Waals surface area contributed by atoms with Crippen LogP contribution < -0.4 is 10.6 Å². The molecule has 3 aromatic rings. The van der Waals surface area contributed by atoms with Gasteiger partial charge in [0.15, 0.2) is 0 Å². The van der Waals surface area contributed by atoms with Gasteiger partial charge < -0.3 is 14.8 Å². The predicted octanol–water partition coefficient (Wildman–Crippen LogP) is 3.32. The molecular weight excluding hydrogens is 410 g/mol. The average molecular weight is 435 g/mol. The Bertz CT molecular complexity index is 1230. The Morgan fingerprint density at radius 3 is 2.47 bits per heavy atom. The molecule has 0 bridgehead atoms. The van der Waals surface area contributed by atoms with Crippen LogP contribution in [0.15, 0.2) is 47.3 Å². The van der Waals surface area contributed by atoms with Crippen LogP contribution in [-0.2, 0) is 0 Å². The van der Waals surface area contributed by atoms with E-state index in [9.17, 15) is 19.7 Å². The van der Waals surface area contributed by atoms with Crippen molar-refractivity contribution < 1.29 is 9.72 Å². The number of para-hydroxylation sites is 2. The van der Waals surface area contributed by atoms with Crippen molar-refractivity contribution in [3.8, 4) is 0 Å². The molecule has 0 saturated carbocycles. The lowest BCUT2D eigenvalue weighted by atomic mass is 10.0. The maximum absolute atomic E-state index is 12.9. The maximum Gasteiger partial charge on any atom is 0.326 e. The number of likely N-dealkylation sites (tertiary alicyclic amines) is 1. The summed E-state index contributed by atoms with van der Waals surface area (Å²) in [4.78, 5) is 43.3. The fraction of sp³-hybridized carbons (Fsp3) is 0.391. The van der Waals surface area contributed by atoms with Crippen LogP contribution in [0.2, 0.25) is 0 Å². The van der Waals surface area contributed by atoms with E-state index in [1.165, 1.54) is 6.07 Å². The first-order chi connectivity index (χ1) is 15.5. The number of benzene rings is 2. The molecule has 1 amide bonds. The molecule has 166 valence electrons. The van der Waals surface area contributed by atoms with Crippen LogP contribution in [0.5, 0.6) is 0 Å². The summed E-state index contributed by atoms with van der Waals surface area (Å²) in [6.45, 7) is 2.69. The summed E-state index contributed by atoms with van der Waals surface area (Å²) < 4.78 is 1.84. The third-order valence-electron chi connectivity index (χ3n) is 6.62. The number of piperidine rings is 1. The molecule has 2 aliphatic heterocycles. The van der Waals surface area contributed by atoms with Crippen molar-refractivity contribution in [1.82, 2.24) is 14.5 Å². The molecular formula is C23H25N5O4. The van der Waals surface area contributed by atoms with Gasteiger partial charge in [-0.05, 0) is 49.9 Å². The first-order valence-electron chi connectivity index (χ1n) is 11.0. The quantitative estimate of drug-likeness (QED) is 0.500. The number of imidazole rings is 1. The van der Waals surface area contributed by atoms with Gasteiger partial charge in [-0.3, -0.25) is 19.5 Å². The number of hydrogen-bond acceptors (Lipinski definition) is 5. The van der Waals surface area contributed by atoms with E-state index in [0.29, 0.717) is 26.2 Å². The van der Waals surface area contributed by atoms with E-state index in [-0.39, 0.29) is 28.9 Å². The van der Waals surface area contributed by atoms with Gasteiger partial charge in [-0.25, -0.2) is 4.79 Å². The molecule has 1 aromatic heterocycles. The molecule has 32 heavy (non-hydrogen) atoms. The summed E-state index contributed by atoms with van der Waals surface area (Å²) in [6.07, 6.45) is 3.40. The topological polar surface area (TPSA) is 104 Å². The van der Waals surface area contributed by atoms with E-state index in [1.54, 1.807) is 17.0 Å². The number of nitro benzene ring substituents is 1. The number of nitro groups is 1. The molecule has 9 nitrogen and oxygen atoms in total. The number of amides is 1. The van der Waals surface area contributed by atoms with Crippen molar-refractivity contribution >= 4 is 28.3 Å². The maximum atomic E-state index is 12.9. The van der Waals surface area contributed by atoms with Gasteiger partial charge in [-0.2, -0.15) is 0 Å². The lowest BCUT2D eigenvalue weighted by molar-refractivity contribution is -0.385. The van der Waals surface area contributed by atoms with Crippen LogP contribution in [0.4, 0.5) is 11.4 Å². The highest BCUT2D eigenvalue weighted by atomic mass is 16.6. The van der Waals surface area contributed by atoms with E-state index in [4.69, 9.17) is 0 Å². The third-order valence-corrected chi connectivity index (χ3v) is 6.62. The SMILES string of the molecule is O=C(c1cc(N2CCC(n3c(=O)[nH]c4ccccc43)CC2)ccc1[N+](=O)[O-])N1CCCC1. The number of anilines is 1. The zero-order valence-corrected chi connectivity index (χ0v) is 17.7. The average Bonchev–Trinajstić information content (AvgIpc) is 3.46. The highest BCUT2D eigenvalue weighted by molar-refractivity contribution is 5.99. The van der Waals surface area contributed by atoms with Gasteiger partial charge in [0.05, 0.1) is 16.0 Å². The zero-order chi connectivity index (χ0) is 22.2. The Labute approximate surface area is 184 Å². The van der Waals surface area contributed by atoms with Crippen molar-refractivity contribution in [2.75, 3.05) is 31.1 Å². The van der Waals surface area contributed by atoms with Crippen molar-refractivity contribution in [3.63, 3.8) is 0 Å². The molecule has 0 spiro atoms. The number of hydrogen-bond donors (Lipinski definition) is 1. The van der Waals surface area contributed by atoms with Crippen molar-refractivity contribution in [2.24, 2.45) is 0 Å². The number of fused-ring (bicyclic) bond motifs is 1. The second-order valence-electron chi connectivity index (χ2n) is 8.49. The minimum atomic E-state index is -0.483. The normalized spacial score (nSPS) is 17.2. The predicted molar refractivity (Wildman–Crippen MR) is 121 cm³/mol. The molecule has 2 aliphatic rings. The van der Waals surface area contributed by atoms with Gasteiger partial charge >= 0.3 is 5.69 Å². The van der Waals surface area contributed by atoms with Gasteiger partial charge in [-0.15, -0.1) is 0 Å². The molecule has 3 heterocycles. The first kappa shape index (κ1) is 20.3. The van der Waals surface area contributed by atoms with E-state index < -0.39 is 4.92 Å². The standard InChI is InChI=1S/C23H25N5O4/c29-22(26-11-3-4-12-26)18-15-17(7-8-20(18)28(31)32)25-13-9-16(10-14-25)27-21-6-2-1-5-19(21)24-23(27)30/h1-2,5-8,15-16H,3-4,9-14H2,(H,24,30). The summed E-state index contributed by atoms with van der Waals surface area (Å²) >= 11 is 0. The van der Waals surface area contributed by atoms with Gasteiger partial charge in [0.25, 0.3) is 11.6 Å². The van der Waals surface area contributed by atoms with Gasteiger partial charge in [0, 0.05) is 44.0 Å². The minimum Gasteiger partial charge on any atom is -0.371 e. The van der Waals surface area contributed by atoms with E-state index in [2.05, 4.69) is 9.88 Å². The molecule has 0 atom stereocenters. The molecule has 2 fully saturated rings. The second kappa shape index (κ2) is 8.14. The van der Waals surface area contributed by atoms with Crippen LogP contribution in [0.3, 0.4) is 0 Å². The Morgan fingerprint density at radius 1 is 1.03 bits per heavy atom. The van der Waals surface area contributed by atoms with Crippen LogP contribution in [-0.4, -0.2) is 51.5 Å². The largest absolute Gasteiger partial charge is 0.371 e. The summed E-state index contributed by atoms with van der Waals surface area (Å²) in [5, 5.41) is 11.5. The number of H-pyrrole nitrogens is 1. The van der Waals surface area contributed by atoms with Crippen LogP contribution >= 0.6 is 0 Å². The van der Waals surface area contributed by atoms with Gasteiger partial charge in [0.1, 0.15) is 5.56 Å². The van der Waals surface area contributed by atoms with Crippen LogP contribution in [0.25, 0.3) is 11.0 Å². The second-order valence-corrected chi connectivity index (χ2v) is 8.49. The molecule has 0 unspecified atom stereocenters. The van der Waals surface area contributed by atoms with E-state index in [1.807, 2.05) is 28.8 Å². The van der Waals surface area contributed by atoms with Crippen molar-refractivity contribution in [3.05, 3.63) is 68.6 Å². The number of carbonyl (C=O) groups is 1. The van der Waals surface area contributed by atoms with Crippen molar-refractivity contribution in [2.45, 2.75) is 31.7 Å². The molecule has 2 saturated heterocycles. The molecule has 2 aromatic carbocycles. The highest BCUT2D eigenvalue weighted by Gasteiger charge is 2.29. The fourth-order valence-corrected chi connectivity index (χ4v) is 4.96. The first-order valence-corrected chi connectivity index (χ1v) is 11.0. The zero-order valence-electron chi connectivity index (χ0n) is 17.7. The molecule has 9 heteroatoms. The Balaban J connectivity index is 1.38. The highest BCUT2D eigenvalue weighted by Crippen LogP contribution is 2.31. The van der Waals surface area contributed by atoms with Crippen LogP contribution in [0.1, 0.15) is 42.1 Å². The number of nitrogens with zero attached hydrogens (tertiary/aromatic N) is 4. The smallest absolute Gasteiger partial charge is 0.326 e. The molecule has 1 N–H and O–H groups in total. The molecule has 0 aliphatic carbocycles. The van der Waals surface area contributed by atoms with E-state index >= 15 is 0 Å². The summed E-state index contributed by atoms with van der Waals surface area (Å²) in [5.41, 5.74) is 2.46. The molecule has 5 rings (SSSR count). The Hall–Kier alpha value is -3.62. The Morgan fingerprint density at radius 2 is 1.75 bits per heavy atom. The lowest BCUT2D eigenvalue weighted by Gasteiger charge is -2.34. The summed E-state index contributed by atoms with van der Waals surface area (Å²) in [5.74, 6) is -0.267. The number of rotatable bonds is 4. The van der Waals surface area contributed by atoms with Gasteiger partial charge in [-0.1, -0.05) is 12.1 Å².